The topological polar surface area (TPSA) is 82.1 Å². The number of hydrogen-bond donors (Lipinski definition) is 2. The van der Waals surface area contributed by atoms with Crippen molar-refractivity contribution in [1.82, 2.24) is 15.2 Å². The Morgan fingerprint density at radius 1 is 1.50 bits per heavy atom. The summed E-state index contributed by atoms with van der Waals surface area (Å²) in [6, 6.07) is 1.23. The highest BCUT2D eigenvalue weighted by molar-refractivity contribution is 9.10. The van der Waals surface area contributed by atoms with Crippen LogP contribution in [-0.4, -0.2) is 26.4 Å². The maximum Gasteiger partial charge on any atom is 0.412 e. The minimum atomic E-state index is -1.17. The number of anilines is 1. The number of nitrogens with zero attached hydrogens (tertiary/aromatic N) is 3. The molecule has 0 spiro atoms. The highest BCUT2D eigenvalue weighted by atomic mass is 79.9. The third-order valence-corrected chi connectivity index (χ3v) is 2.78. The molecule has 94 valence electrons. The Morgan fingerprint density at radius 3 is 2.83 bits per heavy atom. The van der Waals surface area contributed by atoms with E-state index >= 15 is 0 Å². The molecule has 0 saturated carbocycles. The molecule has 0 atom stereocenters. The third kappa shape index (κ3) is 2.65. The molecule has 0 radical (unpaired) electrons. The summed E-state index contributed by atoms with van der Waals surface area (Å²) in [5, 5.41) is 15.4. The van der Waals surface area contributed by atoms with Crippen molar-refractivity contribution < 1.29 is 14.3 Å². The highest BCUT2D eigenvalue weighted by Gasteiger charge is 2.19. The summed E-state index contributed by atoms with van der Waals surface area (Å²) in [4.78, 5) is 15.9. The van der Waals surface area contributed by atoms with E-state index in [0.29, 0.717) is 15.9 Å². The molecule has 0 bridgehead atoms. The van der Waals surface area contributed by atoms with E-state index in [9.17, 15) is 9.18 Å². The third-order valence-electron chi connectivity index (χ3n) is 2.20. The van der Waals surface area contributed by atoms with E-state index in [1.54, 1.807) is 0 Å². The molecule has 1 amide bonds. The number of aromatic amines is 1. The number of pyridine rings is 1. The van der Waals surface area contributed by atoms with Gasteiger partial charge in [0.25, 0.3) is 0 Å². The molecule has 2 aromatic rings. The molecule has 2 aromatic heterocycles. The lowest BCUT2D eigenvalue weighted by Crippen LogP contribution is -2.28. The van der Waals surface area contributed by atoms with Gasteiger partial charge in [0, 0.05) is 6.20 Å². The van der Waals surface area contributed by atoms with Crippen molar-refractivity contribution in [2.75, 3.05) is 4.90 Å². The molecule has 2 heterocycles. The Labute approximate surface area is 110 Å². The van der Waals surface area contributed by atoms with Gasteiger partial charge in [-0.2, -0.15) is 5.10 Å². The molecule has 6 nitrogen and oxygen atoms in total. The lowest BCUT2D eigenvalue weighted by atomic mass is 10.2. The number of aromatic nitrogens is 3. The summed E-state index contributed by atoms with van der Waals surface area (Å²) in [6.07, 6.45) is 2.67. The van der Waals surface area contributed by atoms with Crippen LogP contribution < -0.4 is 4.90 Å². The Balaban J connectivity index is 2.28. The molecule has 0 aliphatic rings. The van der Waals surface area contributed by atoms with E-state index < -0.39 is 11.9 Å². The van der Waals surface area contributed by atoms with E-state index in [1.165, 1.54) is 18.5 Å². The molecule has 0 aromatic carbocycles. The monoisotopic (exact) mass is 314 g/mol. The van der Waals surface area contributed by atoms with Crippen molar-refractivity contribution >= 4 is 27.7 Å². The van der Waals surface area contributed by atoms with Crippen LogP contribution in [-0.2, 0) is 6.54 Å². The number of rotatable bonds is 3. The molecule has 0 saturated heterocycles. The smallest absolute Gasteiger partial charge is 0.412 e. The molecule has 0 fully saturated rings. The van der Waals surface area contributed by atoms with Crippen LogP contribution in [0, 0.1) is 5.82 Å². The number of halogens is 2. The van der Waals surface area contributed by atoms with Gasteiger partial charge in [0.2, 0.25) is 0 Å². The molecule has 8 heteroatoms. The molecule has 0 aliphatic heterocycles. The van der Waals surface area contributed by atoms with Gasteiger partial charge in [-0.1, -0.05) is 0 Å². The number of carboxylic acid groups (broad SMARTS) is 1. The van der Waals surface area contributed by atoms with Crippen LogP contribution >= 0.6 is 15.9 Å². The van der Waals surface area contributed by atoms with Gasteiger partial charge in [-0.15, -0.1) is 0 Å². The largest absolute Gasteiger partial charge is 0.465 e. The first-order valence-corrected chi connectivity index (χ1v) is 5.66. The van der Waals surface area contributed by atoms with Crippen molar-refractivity contribution in [2.24, 2.45) is 0 Å². The van der Waals surface area contributed by atoms with Crippen LogP contribution in [0.25, 0.3) is 0 Å². The van der Waals surface area contributed by atoms with Gasteiger partial charge >= 0.3 is 6.09 Å². The van der Waals surface area contributed by atoms with Gasteiger partial charge < -0.3 is 5.11 Å². The minimum Gasteiger partial charge on any atom is -0.465 e. The predicted molar refractivity (Wildman–Crippen MR) is 64.7 cm³/mol. The molecule has 2 rings (SSSR count). The van der Waals surface area contributed by atoms with Crippen LogP contribution in [0.5, 0.6) is 0 Å². The van der Waals surface area contributed by atoms with Crippen LogP contribution in [0.3, 0.4) is 0 Å². The lowest BCUT2D eigenvalue weighted by molar-refractivity contribution is 0.201. The first-order chi connectivity index (χ1) is 8.58. The molecule has 2 N–H and O–H groups in total. The van der Waals surface area contributed by atoms with Gasteiger partial charge in [0.15, 0.2) is 0 Å². The minimum absolute atomic E-state index is 0.0156. The number of H-pyrrole nitrogens is 1. The number of hydrogen-bond acceptors (Lipinski definition) is 3. The van der Waals surface area contributed by atoms with Crippen LogP contribution in [0.2, 0.25) is 0 Å². The zero-order valence-electron chi connectivity index (χ0n) is 8.97. The van der Waals surface area contributed by atoms with Crippen LogP contribution in [0.1, 0.15) is 5.56 Å². The fraction of sp³-hybridized carbons (Fsp3) is 0.100. The van der Waals surface area contributed by atoms with Crippen molar-refractivity contribution in [3.8, 4) is 0 Å². The normalized spacial score (nSPS) is 10.3. The molecule has 0 aliphatic carbocycles. The second-order valence-corrected chi connectivity index (χ2v) is 4.24. The molecule has 18 heavy (non-hydrogen) atoms. The maximum absolute atomic E-state index is 13.0. The molecule has 0 unspecified atom stereocenters. The van der Waals surface area contributed by atoms with E-state index in [0.717, 1.165) is 11.1 Å². The standard InChI is InChI=1S/C10H8BrFN4O2/c11-9-8(4-14-15-9)16(10(17)18)5-6-1-7(12)3-13-2-6/h1-4H,5H2,(H,14,15)(H,17,18). The summed E-state index contributed by atoms with van der Waals surface area (Å²) in [5.41, 5.74) is 0.803. The number of carbonyl (C=O) groups is 1. The maximum atomic E-state index is 13.0. The van der Waals surface area contributed by atoms with E-state index in [1.807, 2.05) is 0 Å². The summed E-state index contributed by atoms with van der Waals surface area (Å²) in [7, 11) is 0. The van der Waals surface area contributed by atoms with Crippen LogP contribution in [0.4, 0.5) is 14.9 Å². The Morgan fingerprint density at radius 2 is 2.28 bits per heavy atom. The van der Waals surface area contributed by atoms with Gasteiger partial charge in [-0.25, -0.2) is 9.18 Å². The SMILES string of the molecule is O=C(O)N(Cc1cncc(F)c1)c1cn[nH]c1Br. The Kier molecular flexibility index (Phi) is 3.56. The van der Waals surface area contributed by atoms with Gasteiger partial charge in [-0.3, -0.25) is 15.0 Å². The van der Waals surface area contributed by atoms with Crippen molar-refractivity contribution in [2.45, 2.75) is 6.54 Å². The van der Waals surface area contributed by atoms with Crippen molar-refractivity contribution in [3.05, 3.63) is 40.6 Å². The average molecular weight is 315 g/mol. The van der Waals surface area contributed by atoms with E-state index in [2.05, 4.69) is 31.1 Å². The average Bonchev–Trinajstić information content (AvgIpc) is 2.72. The first kappa shape index (κ1) is 12.5. The fourth-order valence-corrected chi connectivity index (χ4v) is 1.85. The molecular formula is C10H8BrFN4O2. The summed E-state index contributed by atoms with van der Waals surface area (Å²) < 4.78 is 13.4. The Hall–Kier alpha value is -1.96. The fourth-order valence-electron chi connectivity index (χ4n) is 1.43. The number of nitrogens with one attached hydrogen (secondary N) is 1. The zero-order chi connectivity index (χ0) is 13.1. The summed E-state index contributed by atoms with van der Waals surface area (Å²) >= 11 is 3.15. The second-order valence-electron chi connectivity index (χ2n) is 3.45. The van der Waals surface area contributed by atoms with Crippen molar-refractivity contribution in [3.63, 3.8) is 0 Å². The lowest BCUT2D eigenvalue weighted by Gasteiger charge is -2.17. The first-order valence-electron chi connectivity index (χ1n) is 4.86. The van der Waals surface area contributed by atoms with Crippen LogP contribution in [0.15, 0.2) is 29.3 Å². The van der Waals surface area contributed by atoms with Gasteiger partial charge in [-0.05, 0) is 27.6 Å². The summed E-state index contributed by atoms with van der Waals surface area (Å²) in [6.45, 7) is -0.0156. The molecular weight excluding hydrogens is 307 g/mol. The quantitative estimate of drug-likeness (QED) is 0.911. The van der Waals surface area contributed by atoms with E-state index in [4.69, 9.17) is 5.11 Å². The predicted octanol–water partition coefficient (Wildman–Crippen LogP) is 2.39. The highest BCUT2D eigenvalue weighted by Crippen LogP contribution is 2.24. The second kappa shape index (κ2) is 5.13. The van der Waals surface area contributed by atoms with Gasteiger partial charge in [0.05, 0.1) is 24.6 Å². The number of amides is 1. The van der Waals surface area contributed by atoms with Crippen molar-refractivity contribution in [1.29, 1.82) is 0 Å². The Bertz CT molecular complexity index is 575. The zero-order valence-corrected chi connectivity index (χ0v) is 10.6. The van der Waals surface area contributed by atoms with E-state index in [-0.39, 0.29) is 6.54 Å². The van der Waals surface area contributed by atoms with Gasteiger partial charge in [0.1, 0.15) is 10.4 Å². The summed E-state index contributed by atoms with van der Waals surface area (Å²) in [5.74, 6) is -0.510.